The number of carbonyl (C=O) groups is 1. The lowest BCUT2D eigenvalue weighted by Crippen LogP contribution is -2.05. The molecule has 4 nitrogen and oxygen atoms in total. The molecule has 0 unspecified atom stereocenters. The third-order valence-corrected chi connectivity index (χ3v) is 3.04. The predicted molar refractivity (Wildman–Crippen MR) is 78.0 cm³/mol. The summed E-state index contributed by atoms with van der Waals surface area (Å²) in [5.41, 5.74) is 9.25. The number of nitrogens with one attached hydrogen (secondary N) is 1. The summed E-state index contributed by atoms with van der Waals surface area (Å²) in [6, 6.07) is 13.3. The topological polar surface area (TPSA) is 68.0 Å². The van der Waals surface area contributed by atoms with Gasteiger partial charge in [0.15, 0.2) is 0 Å². The van der Waals surface area contributed by atoms with E-state index in [1.165, 1.54) is 6.92 Å². The number of pyridine rings is 1. The quantitative estimate of drug-likeness (QED) is 0.653. The minimum absolute atomic E-state index is 0.104. The fraction of sp³-hybridized carbons (Fsp3) is 0.0667. The van der Waals surface area contributed by atoms with Gasteiger partial charge in [-0.1, -0.05) is 18.2 Å². The van der Waals surface area contributed by atoms with Crippen LogP contribution in [0.4, 0.5) is 11.4 Å². The normalized spacial score (nSPS) is 10.8. The zero-order chi connectivity index (χ0) is 13.4. The Morgan fingerprint density at radius 3 is 2.63 bits per heavy atom. The van der Waals surface area contributed by atoms with E-state index in [9.17, 15) is 4.79 Å². The molecule has 0 aliphatic carbocycles. The number of hydrogen-bond donors (Lipinski definition) is 2. The molecule has 3 N–H and O–H groups in total. The van der Waals surface area contributed by atoms with Crippen LogP contribution in [0, 0.1) is 0 Å². The van der Waals surface area contributed by atoms with Crippen LogP contribution < -0.4 is 11.1 Å². The largest absolute Gasteiger partial charge is 0.398 e. The first kappa shape index (κ1) is 11.5. The van der Waals surface area contributed by atoms with Gasteiger partial charge in [0.2, 0.25) is 5.91 Å². The van der Waals surface area contributed by atoms with Crippen LogP contribution in [0.5, 0.6) is 0 Å². The number of nitrogens with zero attached hydrogens (tertiary/aromatic N) is 1. The molecule has 3 aromatic rings. The van der Waals surface area contributed by atoms with Gasteiger partial charge >= 0.3 is 0 Å². The van der Waals surface area contributed by atoms with Gasteiger partial charge in [-0.3, -0.25) is 4.79 Å². The molecule has 0 aliphatic heterocycles. The van der Waals surface area contributed by atoms with Gasteiger partial charge in [0.1, 0.15) is 0 Å². The number of benzene rings is 2. The van der Waals surface area contributed by atoms with E-state index in [1.807, 2.05) is 42.5 Å². The SMILES string of the molecule is CC(=O)Nc1ccc2c(N)c3ccccc3nc2c1. The van der Waals surface area contributed by atoms with Crippen molar-refractivity contribution in [1.82, 2.24) is 4.98 Å². The van der Waals surface area contributed by atoms with E-state index >= 15 is 0 Å². The lowest BCUT2D eigenvalue weighted by atomic mass is 10.1. The summed E-state index contributed by atoms with van der Waals surface area (Å²) in [4.78, 5) is 15.6. The number of fused-ring (bicyclic) bond motifs is 2. The first-order valence-electron chi connectivity index (χ1n) is 6.01. The van der Waals surface area contributed by atoms with Gasteiger partial charge in [0, 0.05) is 23.4 Å². The van der Waals surface area contributed by atoms with Crippen molar-refractivity contribution in [2.24, 2.45) is 0 Å². The first-order chi connectivity index (χ1) is 9.15. The van der Waals surface area contributed by atoms with Gasteiger partial charge in [0.05, 0.1) is 16.7 Å². The second-order valence-electron chi connectivity index (χ2n) is 4.46. The maximum Gasteiger partial charge on any atom is 0.221 e. The Morgan fingerprint density at radius 2 is 1.84 bits per heavy atom. The standard InChI is InChI=1S/C15H13N3O/c1-9(19)17-10-6-7-12-14(8-10)18-13-5-3-2-4-11(13)15(12)16/h2-8H,1H3,(H2,16,18)(H,17,19). The number of anilines is 2. The summed E-state index contributed by atoms with van der Waals surface area (Å²) < 4.78 is 0. The molecule has 94 valence electrons. The van der Waals surface area contributed by atoms with Crippen molar-refractivity contribution in [2.45, 2.75) is 6.92 Å². The molecule has 4 heteroatoms. The number of nitrogens with two attached hydrogens (primary N) is 1. The second-order valence-corrected chi connectivity index (χ2v) is 4.46. The van der Waals surface area contributed by atoms with E-state index in [0.717, 1.165) is 33.2 Å². The van der Waals surface area contributed by atoms with Crippen molar-refractivity contribution < 1.29 is 4.79 Å². The van der Waals surface area contributed by atoms with E-state index in [4.69, 9.17) is 5.73 Å². The molecular formula is C15H13N3O. The number of para-hydroxylation sites is 1. The zero-order valence-electron chi connectivity index (χ0n) is 10.5. The van der Waals surface area contributed by atoms with Crippen LogP contribution in [0.25, 0.3) is 21.8 Å². The Bertz CT molecular complexity index is 796. The van der Waals surface area contributed by atoms with Crippen LogP contribution >= 0.6 is 0 Å². The maximum absolute atomic E-state index is 11.1. The molecule has 0 saturated heterocycles. The van der Waals surface area contributed by atoms with Crippen molar-refractivity contribution in [1.29, 1.82) is 0 Å². The first-order valence-corrected chi connectivity index (χ1v) is 6.01. The van der Waals surface area contributed by atoms with Gasteiger partial charge in [0.25, 0.3) is 0 Å². The Labute approximate surface area is 110 Å². The highest BCUT2D eigenvalue weighted by Gasteiger charge is 2.06. The number of aromatic nitrogens is 1. The van der Waals surface area contributed by atoms with Gasteiger partial charge in [-0.05, 0) is 24.3 Å². The molecule has 0 spiro atoms. The highest BCUT2D eigenvalue weighted by atomic mass is 16.1. The number of hydrogen-bond acceptors (Lipinski definition) is 3. The van der Waals surface area contributed by atoms with Crippen molar-refractivity contribution >= 4 is 39.1 Å². The molecule has 0 bridgehead atoms. The Morgan fingerprint density at radius 1 is 1.11 bits per heavy atom. The van der Waals surface area contributed by atoms with Crippen LogP contribution in [0.1, 0.15) is 6.92 Å². The predicted octanol–water partition coefficient (Wildman–Crippen LogP) is 2.93. The number of nitrogen functional groups attached to an aromatic ring is 1. The molecule has 1 heterocycles. The molecule has 2 aromatic carbocycles. The third-order valence-electron chi connectivity index (χ3n) is 3.04. The van der Waals surface area contributed by atoms with Gasteiger partial charge in [-0.25, -0.2) is 4.98 Å². The molecule has 0 fully saturated rings. The third kappa shape index (κ3) is 1.97. The fourth-order valence-corrected chi connectivity index (χ4v) is 2.21. The Kier molecular flexibility index (Phi) is 2.56. The minimum atomic E-state index is -0.104. The second kappa shape index (κ2) is 4.24. The summed E-state index contributed by atoms with van der Waals surface area (Å²) >= 11 is 0. The average molecular weight is 251 g/mol. The minimum Gasteiger partial charge on any atom is -0.398 e. The van der Waals surface area contributed by atoms with Crippen LogP contribution in [0.3, 0.4) is 0 Å². The molecule has 0 atom stereocenters. The summed E-state index contributed by atoms with van der Waals surface area (Å²) in [6.07, 6.45) is 0. The lowest BCUT2D eigenvalue weighted by molar-refractivity contribution is -0.114. The van der Waals surface area contributed by atoms with Crippen LogP contribution in [0.2, 0.25) is 0 Å². The average Bonchev–Trinajstić information content (AvgIpc) is 2.38. The van der Waals surface area contributed by atoms with Gasteiger partial charge in [-0.15, -0.1) is 0 Å². The summed E-state index contributed by atoms with van der Waals surface area (Å²) in [5, 5.41) is 4.59. The van der Waals surface area contributed by atoms with E-state index in [-0.39, 0.29) is 5.91 Å². The summed E-state index contributed by atoms with van der Waals surface area (Å²) in [5.74, 6) is -0.104. The number of amides is 1. The fourth-order valence-electron chi connectivity index (χ4n) is 2.21. The molecule has 0 aliphatic rings. The highest BCUT2D eigenvalue weighted by Crippen LogP contribution is 2.29. The van der Waals surface area contributed by atoms with E-state index in [0.29, 0.717) is 0 Å². The van der Waals surface area contributed by atoms with Crippen molar-refractivity contribution in [3.63, 3.8) is 0 Å². The summed E-state index contributed by atoms with van der Waals surface area (Å²) in [6.45, 7) is 1.48. The molecule has 3 rings (SSSR count). The Hall–Kier alpha value is -2.62. The van der Waals surface area contributed by atoms with Gasteiger partial charge in [-0.2, -0.15) is 0 Å². The van der Waals surface area contributed by atoms with Crippen molar-refractivity contribution in [2.75, 3.05) is 11.1 Å². The Balaban J connectivity index is 2.28. The van der Waals surface area contributed by atoms with E-state index < -0.39 is 0 Å². The molecule has 0 radical (unpaired) electrons. The lowest BCUT2D eigenvalue weighted by Gasteiger charge is -2.08. The molecule has 1 amide bonds. The smallest absolute Gasteiger partial charge is 0.221 e. The number of carbonyl (C=O) groups excluding carboxylic acids is 1. The summed E-state index contributed by atoms with van der Waals surface area (Å²) in [7, 11) is 0. The van der Waals surface area contributed by atoms with E-state index in [1.54, 1.807) is 0 Å². The maximum atomic E-state index is 11.1. The zero-order valence-corrected chi connectivity index (χ0v) is 10.5. The van der Waals surface area contributed by atoms with Crippen molar-refractivity contribution in [3.05, 3.63) is 42.5 Å². The van der Waals surface area contributed by atoms with Crippen molar-refractivity contribution in [3.8, 4) is 0 Å². The van der Waals surface area contributed by atoms with E-state index in [2.05, 4.69) is 10.3 Å². The molecule has 1 aromatic heterocycles. The molecular weight excluding hydrogens is 238 g/mol. The molecule has 0 saturated carbocycles. The van der Waals surface area contributed by atoms with Crippen LogP contribution in [0.15, 0.2) is 42.5 Å². The monoisotopic (exact) mass is 251 g/mol. The highest BCUT2D eigenvalue weighted by molar-refractivity contribution is 6.07. The van der Waals surface area contributed by atoms with Gasteiger partial charge < -0.3 is 11.1 Å². The van der Waals surface area contributed by atoms with Crippen LogP contribution in [-0.2, 0) is 4.79 Å². The molecule has 19 heavy (non-hydrogen) atoms. The number of rotatable bonds is 1. The van der Waals surface area contributed by atoms with Crippen LogP contribution in [-0.4, -0.2) is 10.9 Å².